The minimum absolute atomic E-state index is 0.102. The Labute approximate surface area is 505 Å². The lowest BCUT2D eigenvalue weighted by atomic mass is 10.00. The predicted octanol–water partition coefficient (Wildman–Crippen LogP) is 17.4. The van der Waals surface area contributed by atoms with Gasteiger partial charge in [-0.05, 0) is 49.4 Å². The van der Waals surface area contributed by atoms with Gasteiger partial charge in [0, 0.05) is 25.7 Å². The third-order valence-corrected chi connectivity index (χ3v) is 16.8. The van der Waals surface area contributed by atoms with Gasteiger partial charge in [-0.1, -0.05) is 254 Å². The van der Waals surface area contributed by atoms with Crippen molar-refractivity contribution in [1.29, 1.82) is 0 Å². The average molecular weight is 1230 g/mol. The van der Waals surface area contributed by atoms with Crippen LogP contribution < -0.4 is 0 Å². The summed E-state index contributed by atoms with van der Waals surface area (Å²) in [5.74, 6) is 0.738. The minimum atomic E-state index is -4.95. The number of phosphoric ester groups is 2. The number of aliphatic hydroxyl groups is 1. The highest BCUT2D eigenvalue weighted by molar-refractivity contribution is 7.47. The molecule has 0 radical (unpaired) electrons. The van der Waals surface area contributed by atoms with Gasteiger partial charge in [-0.25, -0.2) is 9.13 Å². The molecule has 3 unspecified atom stereocenters. The van der Waals surface area contributed by atoms with Gasteiger partial charge in [0.15, 0.2) is 12.2 Å². The van der Waals surface area contributed by atoms with Gasteiger partial charge in [0.1, 0.15) is 19.3 Å². The highest BCUT2D eigenvalue weighted by atomic mass is 31.2. The summed E-state index contributed by atoms with van der Waals surface area (Å²) >= 11 is 0. The van der Waals surface area contributed by atoms with Crippen molar-refractivity contribution >= 4 is 39.5 Å². The van der Waals surface area contributed by atoms with E-state index in [1.54, 1.807) is 0 Å². The summed E-state index contributed by atoms with van der Waals surface area (Å²) in [4.78, 5) is 72.2. The summed E-state index contributed by atoms with van der Waals surface area (Å²) in [6.07, 6.45) is 33.7. The SMILES string of the molecule is CCC(C)CCCCCCCCC(=O)OC[C@H](COP(=O)(O)OC[C@H](O)COP(=O)(O)OC[C@@H](COC(=O)CCCCCCCCCCCCC(C)C)OC(=O)CCCCCCCCCC(C)C)OC(=O)CCCCCCCCCC(C)C. The second kappa shape index (κ2) is 54.2. The average Bonchev–Trinajstić information content (AvgIpc) is 3.45. The van der Waals surface area contributed by atoms with Crippen LogP contribution in [0.2, 0.25) is 0 Å². The molecule has 0 bridgehead atoms. The second-order valence-electron chi connectivity index (χ2n) is 24.8. The smallest absolute Gasteiger partial charge is 0.462 e. The predicted molar refractivity (Wildman–Crippen MR) is 331 cm³/mol. The van der Waals surface area contributed by atoms with Crippen LogP contribution in [0.1, 0.15) is 306 Å². The van der Waals surface area contributed by atoms with Crippen molar-refractivity contribution in [1.82, 2.24) is 0 Å². The lowest BCUT2D eigenvalue weighted by Gasteiger charge is -2.21. The monoisotopic (exact) mass is 1230 g/mol. The van der Waals surface area contributed by atoms with Crippen LogP contribution in [0.5, 0.6) is 0 Å². The van der Waals surface area contributed by atoms with Crippen molar-refractivity contribution in [2.45, 2.75) is 324 Å². The maximum atomic E-state index is 13.0. The molecule has 0 aromatic rings. The van der Waals surface area contributed by atoms with E-state index in [0.717, 1.165) is 108 Å². The quantitative estimate of drug-likeness (QED) is 0.0222. The molecule has 0 aromatic heterocycles. The Kier molecular flexibility index (Phi) is 53.0. The van der Waals surface area contributed by atoms with Crippen LogP contribution in [0.15, 0.2) is 0 Å². The van der Waals surface area contributed by atoms with Crippen LogP contribution in [0.25, 0.3) is 0 Å². The van der Waals surface area contributed by atoms with E-state index in [2.05, 4.69) is 55.4 Å². The van der Waals surface area contributed by atoms with E-state index < -0.39 is 97.5 Å². The lowest BCUT2D eigenvalue weighted by Crippen LogP contribution is -2.30. The molecule has 19 heteroatoms. The van der Waals surface area contributed by atoms with Gasteiger partial charge in [0.2, 0.25) is 0 Å². The summed E-state index contributed by atoms with van der Waals surface area (Å²) in [7, 11) is -9.89. The standard InChI is InChI=1S/C64H124O17P2/c1-9-57(8)43-35-27-22-23-29-37-45-62(67)75-51-60(81-64(69)47-39-31-21-15-18-26-34-42-56(6)7)53-79-83(72,73)77-49-58(65)48-76-82(70,71)78-52-59(80-63(68)46-38-30-20-14-17-25-33-41-55(4)5)50-74-61(66)44-36-28-19-13-11-10-12-16-24-32-40-54(2)3/h54-60,65H,9-53H2,1-8H3,(H,70,71)(H,72,73)/t57?,58-,59-,60-/m1/s1. The Morgan fingerprint density at radius 3 is 0.855 bits per heavy atom. The summed E-state index contributed by atoms with van der Waals surface area (Å²) < 4.78 is 68.0. The molecule has 0 aliphatic rings. The highest BCUT2D eigenvalue weighted by Crippen LogP contribution is 2.45. The van der Waals surface area contributed by atoms with Crippen molar-refractivity contribution in [2.24, 2.45) is 23.7 Å². The van der Waals surface area contributed by atoms with E-state index in [1.807, 2.05) is 0 Å². The Morgan fingerprint density at radius 2 is 0.578 bits per heavy atom. The second-order valence-corrected chi connectivity index (χ2v) is 27.7. The van der Waals surface area contributed by atoms with E-state index in [0.29, 0.717) is 37.5 Å². The van der Waals surface area contributed by atoms with Crippen LogP contribution >= 0.6 is 15.6 Å². The van der Waals surface area contributed by atoms with Crippen molar-refractivity contribution in [3.05, 3.63) is 0 Å². The first kappa shape index (κ1) is 81.1. The molecule has 3 N–H and O–H groups in total. The van der Waals surface area contributed by atoms with Crippen LogP contribution in [0.3, 0.4) is 0 Å². The van der Waals surface area contributed by atoms with Gasteiger partial charge < -0.3 is 33.8 Å². The molecule has 0 aromatic carbocycles. The lowest BCUT2D eigenvalue weighted by molar-refractivity contribution is -0.161. The molecule has 0 spiro atoms. The number of rotatable bonds is 61. The number of ether oxygens (including phenoxy) is 4. The zero-order valence-electron chi connectivity index (χ0n) is 53.8. The van der Waals surface area contributed by atoms with E-state index in [9.17, 15) is 43.2 Å². The van der Waals surface area contributed by atoms with Crippen molar-refractivity contribution in [3.8, 4) is 0 Å². The summed E-state index contributed by atoms with van der Waals surface area (Å²) in [5.41, 5.74) is 0. The molecule has 0 aliphatic carbocycles. The summed E-state index contributed by atoms with van der Waals surface area (Å²) in [6, 6.07) is 0. The fourth-order valence-electron chi connectivity index (χ4n) is 9.40. The largest absolute Gasteiger partial charge is 0.472 e. The molecule has 0 saturated heterocycles. The normalized spacial score (nSPS) is 14.8. The topological polar surface area (TPSA) is 237 Å². The highest BCUT2D eigenvalue weighted by Gasteiger charge is 2.30. The Hall–Kier alpha value is -1.94. The van der Waals surface area contributed by atoms with E-state index in [1.165, 1.54) is 103 Å². The van der Waals surface area contributed by atoms with Crippen LogP contribution in [0.4, 0.5) is 0 Å². The third-order valence-electron chi connectivity index (χ3n) is 14.9. The Balaban J connectivity index is 5.24. The number of aliphatic hydroxyl groups excluding tert-OH is 1. The number of esters is 4. The van der Waals surface area contributed by atoms with Gasteiger partial charge in [0.25, 0.3) is 0 Å². The fourth-order valence-corrected chi connectivity index (χ4v) is 11.0. The van der Waals surface area contributed by atoms with Crippen molar-refractivity contribution < 1.29 is 80.2 Å². The first-order chi connectivity index (χ1) is 39.6. The Morgan fingerprint density at radius 1 is 0.337 bits per heavy atom. The van der Waals surface area contributed by atoms with E-state index in [-0.39, 0.29) is 25.7 Å². The molecular formula is C64H124O17P2. The number of unbranched alkanes of at least 4 members (excludes halogenated alkanes) is 26. The maximum absolute atomic E-state index is 13.0. The van der Waals surface area contributed by atoms with Gasteiger partial charge >= 0.3 is 39.5 Å². The van der Waals surface area contributed by atoms with Crippen molar-refractivity contribution in [3.63, 3.8) is 0 Å². The van der Waals surface area contributed by atoms with Gasteiger partial charge in [-0.2, -0.15) is 0 Å². The number of hydrogen-bond acceptors (Lipinski definition) is 15. The molecule has 0 fully saturated rings. The molecule has 0 amide bonds. The summed E-state index contributed by atoms with van der Waals surface area (Å²) in [6.45, 7) is 13.9. The molecule has 6 atom stereocenters. The molecule has 0 saturated carbocycles. The van der Waals surface area contributed by atoms with Gasteiger partial charge in [0.05, 0.1) is 26.4 Å². The zero-order valence-corrected chi connectivity index (χ0v) is 55.6. The molecule has 0 aliphatic heterocycles. The molecule has 83 heavy (non-hydrogen) atoms. The first-order valence-electron chi connectivity index (χ1n) is 33.2. The number of phosphoric acid groups is 2. The number of carbonyl (C=O) groups excluding carboxylic acids is 4. The van der Waals surface area contributed by atoms with Crippen LogP contribution in [-0.2, 0) is 65.4 Å². The summed E-state index contributed by atoms with van der Waals surface area (Å²) in [5, 5.41) is 10.5. The molecular weight excluding hydrogens is 1100 g/mol. The zero-order chi connectivity index (χ0) is 61.8. The van der Waals surface area contributed by atoms with Crippen LogP contribution in [0, 0.1) is 23.7 Å². The number of carbonyl (C=O) groups is 4. The molecule has 0 heterocycles. The van der Waals surface area contributed by atoms with E-state index >= 15 is 0 Å². The maximum Gasteiger partial charge on any atom is 0.472 e. The van der Waals surface area contributed by atoms with Gasteiger partial charge in [-0.3, -0.25) is 37.3 Å². The van der Waals surface area contributed by atoms with Crippen molar-refractivity contribution in [2.75, 3.05) is 39.6 Å². The van der Waals surface area contributed by atoms with Gasteiger partial charge in [-0.15, -0.1) is 0 Å². The van der Waals surface area contributed by atoms with E-state index in [4.69, 9.17) is 37.0 Å². The third kappa shape index (κ3) is 57.6. The van der Waals surface area contributed by atoms with Crippen LogP contribution in [-0.4, -0.2) is 96.7 Å². The molecule has 492 valence electrons. The molecule has 0 rings (SSSR count). The Bertz CT molecular complexity index is 1660. The minimum Gasteiger partial charge on any atom is -0.462 e. The number of hydrogen-bond donors (Lipinski definition) is 3. The molecule has 17 nitrogen and oxygen atoms in total. The fraction of sp³-hybridized carbons (Fsp3) is 0.938. The first-order valence-corrected chi connectivity index (χ1v) is 36.2.